The minimum absolute atomic E-state index is 0.304. The van der Waals surface area contributed by atoms with Gasteiger partial charge in [-0.25, -0.2) is 4.79 Å². The van der Waals surface area contributed by atoms with Gasteiger partial charge in [-0.3, -0.25) is 4.79 Å². The normalized spacial score (nSPS) is 10.0. The summed E-state index contributed by atoms with van der Waals surface area (Å²) in [5, 5.41) is 2.74. The lowest BCUT2D eigenvalue weighted by atomic mass is 10.1. The van der Waals surface area contributed by atoms with E-state index in [1.807, 2.05) is 38.1 Å². The molecule has 2 aromatic carbocycles. The maximum atomic E-state index is 11.8. The van der Waals surface area contributed by atoms with E-state index in [-0.39, 0.29) is 12.5 Å². The molecule has 1 amide bonds. The molecule has 0 fully saturated rings. The van der Waals surface area contributed by atoms with Gasteiger partial charge in [0, 0.05) is 5.69 Å². The fraction of sp³-hybridized carbons (Fsp3) is 0.176. The highest BCUT2D eigenvalue weighted by molar-refractivity contribution is 5.95. The monoisotopic (exact) mass is 283 g/mol. The number of carbonyl (C=O) groups excluding carboxylic acids is 2. The highest BCUT2D eigenvalue weighted by Gasteiger charge is 2.10. The van der Waals surface area contributed by atoms with Gasteiger partial charge in [0.1, 0.15) is 0 Å². The molecule has 4 nitrogen and oxygen atoms in total. The van der Waals surface area contributed by atoms with E-state index in [4.69, 9.17) is 4.74 Å². The van der Waals surface area contributed by atoms with Crippen LogP contribution >= 0.6 is 0 Å². The molecular formula is C17H17NO3. The van der Waals surface area contributed by atoms with Crippen LogP contribution in [0.2, 0.25) is 0 Å². The second kappa shape index (κ2) is 6.70. The predicted octanol–water partition coefficient (Wildman–Crippen LogP) is 3.10. The zero-order valence-electron chi connectivity index (χ0n) is 12.1. The lowest BCUT2D eigenvalue weighted by molar-refractivity contribution is -0.119. The highest BCUT2D eigenvalue weighted by Crippen LogP contribution is 2.17. The first-order valence-electron chi connectivity index (χ1n) is 6.66. The van der Waals surface area contributed by atoms with Crippen LogP contribution in [-0.2, 0) is 9.53 Å². The third-order valence-corrected chi connectivity index (χ3v) is 3.22. The molecule has 0 saturated carbocycles. The van der Waals surface area contributed by atoms with Gasteiger partial charge in [-0.2, -0.15) is 0 Å². The Morgan fingerprint density at radius 3 is 2.43 bits per heavy atom. The number of anilines is 1. The topological polar surface area (TPSA) is 55.4 Å². The van der Waals surface area contributed by atoms with Crippen LogP contribution < -0.4 is 5.32 Å². The molecule has 0 aliphatic heterocycles. The van der Waals surface area contributed by atoms with E-state index < -0.39 is 5.97 Å². The highest BCUT2D eigenvalue weighted by atomic mass is 16.5. The molecule has 21 heavy (non-hydrogen) atoms. The Morgan fingerprint density at radius 2 is 1.71 bits per heavy atom. The van der Waals surface area contributed by atoms with Crippen molar-refractivity contribution < 1.29 is 14.3 Å². The number of ether oxygens (including phenoxy) is 1. The van der Waals surface area contributed by atoms with Crippen LogP contribution in [0.5, 0.6) is 0 Å². The summed E-state index contributed by atoms with van der Waals surface area (Å²) >= 11 is 0. The van der Waals surface area contributed by atoms with Crippen molar-refractivity contribution >= 4 is 17.6 Å². The second-order valence-electron chi connectivity index (χ2n) is 4.74. The first-order chi connectivity index (χ1) is 10.1. The molecule has 4 heteroatoms. The van der Waals surface area contributed by atoms with E-state index in [1.165, 1.54) is 0 Å². The molecule has 0 unspecified atom stereocenters. The van der Waals surface area contributed by atoms with E-state index in [9.17, 15) is 9.59 Å². The van der Waals surface area contributed by atoms with Gasteiger partial charge < -0.3 is 10.1 Å². The van der Waals surface area contributed by atoms with Gasteiger partial charge in [-0.05, 0) is 43.2 Å². The number of benzene rings is 2. The van der Waals surface area contributed by atoms with Gasteiger partial charge in [0.2, 0.25) is 0 Å². The van der Waals surface area contributed by atoms with E-state index >= 15 is 0 Å². The second-order valence-corrected chi connectivity index (χ2v) is 4.74. The van der Waals surface area contributed by atoms with Crippen LogP contribution in [0.15, 0.2) is 48.5 Å². The van der Waals surface area contributed by atoms with Crippen LogP contribution in [0.1, 0.15) is 21.5 Å². The van der Waals surface area contributed by atoms with Gasteiger partial charge in [-0.15, -0.1) is 0 Å². The van der Waals surface area contributed by atoms with Gasteiger partial charge >= 0.3 is 5.97 Å². The molecule has 2 rings (SSSR count). The van der Waals surface area contributed by atoms with E-state index in [1.54, 1.807) is 24.3 Å². The Kier molecular flexibility index (Phi) is 4.72. The van der Waals surface area contributed by atoms with Crippen LogP contribution in [0, 0.1) is 13.8 Å². The van der Waals surface area contributed by atoms with Crippen molar-refractivity contribution in [1.82, 2.24) is 0 Å². The molecule has 0 spiro atoms. The Hall–Kier alpha value is -2.62. The third kappa shape index (κ3) is 3.92. The summed E-state index contributed by atoms with van der Waals surface area (Å²) in [6.07, 6.45) is 0. The van der Waals surface area contributed by atoms with E-state index in [0.717, 1.165) is 16.8 Å². The number of rotatable bonds is 4. The van der Waals surface area contributed by atoms with Crippen LogP contribution in [0.25, 0.3) is 0 Å². The quantitative estimate of drug-likeness (QED) is 0.877. The minimum atomic E-state index is -0.508. The summed E-state index contributed by atoms with van der Waals surface area (Å²) in [4.78, 5) is 23.5. The van der Waals surface area contributed by atoms with E-state index in [0.29, 0.717) is 5.56 Å². The average Bonchev–Trinajstić information content (AvgIpc) is 2.50. The molecule has 0 aliphatic rings. The number of hydrogen-bond acceptors (Lipinski definition) is 3. The van der Waals surface area contributed by atoms with Crippen molar-refractivity contribution in [2.24, 2.45) is 0 Å². The zero-order chi connectivity index (χ0) is 15.2. The van der Waals surface area contributed by atoms with Gasteiger partial charge in [0.05, 0.1) is 5.56 Å². The van der Waals surface area contributed by atoms with Crippen LogP contribution in [0.4, 0.5) is 5.69 Å². The van der Waals surface area contributed by atoms with Gasteiger partial charge in [-0.1, -0.05) is 30.3 Å². The van der Waals surface area contributed by atoms with Crippen LogP contribution in [0.3, 0.4) is 0 Å². The minimum Gasteiger partial charge on any atom is -0.452 e. The Morgan fingerprint density at radius 1 is 1.00 bits per heavy atom. The summed E-state index contributed by atoms with van der Waals surface area (Å²) in [5.74, 6) is -0.861. The van der Waals surface area contributed by atoms with Crippen molar-refractivity contribution in [2.45, 2.75) is 13.8 Å². The maximum absolute atomic E-state index is 11.8. The SMILES string of the molecule is Cc1cccc(NC(=O)COC(=O)c2ccccc2)c1C. The summed E-state index contributed by atoms with van der Waals surface area (Å²) < 4.78 is 4.98. The smallest absolute Gasteiger partial charge is 0.338 e. The van der Waals surface area contributed by atoms with Gasteiger partial charge in [0.15, 0.2) is 6.61 Å². The number of hydrogen-bond donors (Lipinski definition) is 1. The molecule has 0 atom stereocenters. The lowest BCUT2D eigenvalue weighted by Crippen LogP contribution is -2.21. The zero-order valence-corrected chi connectivity index (χ0v) is 12.1. The first-order valence-corrected chi connectivity index (χ1v) is 6.66. The molecule has 0 aromatic heterocycles. The fourth-order valence-electron chi connectivity index (χ4n) is 1.86. The van der Waals surface area contributed by atoms with Gasteiger partial charge in [0.25, 0.3) is 5.91 Å². The number of aryl methyl sites for hydroxylation is 1. The molecule has 108 valence electrons. The van der Waals surface area contributed by atoms with Crippen molar-refractivity contribution in [2.75, 3.05) is 11.9 Å². The predicted molar refractivity (Wildman–Crippen MR) is 81.3 cm³/mol. The summed E-state index contributed by atoms with van der Waals surface area (Å²) in [5.41, 5.74) is 3.25. The summed E-state index contributed by atoms with van der Waals surface area (Å²) in [6.45, 7) is 3.60. The lowest BCUT2D eigenvalue weighted by Gasteiger charge is -2.10. The molecule has 0 aliphatic carbocycles. The first kappa shape index (κ1) is 14.8. The Bertz CT molecular complexity index is 650. The summed E-state index contributed by atoms with van der Waals surface area (Å²) in [7, 11) is 0. The van der Waals surface area contributed by atoms with Crippen molar-refractivity contribution in [1.29, 1.82) is 0 Å². The molecule has 0 bridgehead atoms. The number of nitrogens with one attached hydrogen (secondary N) is 1. The van der Waals surface area contributed by atoms with E-state index in [2.05, 4.69) is 5.32 Å². The van der Waals surface area contributed by atoms with Crippen LogP contribution in [-0.4, -0.2) is 18.5 Å². The molecule has 2 aromatic rings. The largest absolute Gasteiger partial charge is 0.452 e. The number of esters is 1. The summed E-state index contributed by atoms with van der Waals surface area (Å²) in [6, 6.07) is 14.2. The standard InChI is InChI=1S/C17H17NO3/c1-12-7-6-10-15(13(12)2)18-16(19)11-21-17(20)14-8-4-3-5-9-14/h3-10H,11H2,1-2H3,(H,18,19). The number of carbonyl (C=O) groups is 2. The third-order valence-electron chi connectivity index (χ3n) is 3.22. The molecule has 0 radical (unpaired) electrons. The van der Waals surface area contributed by atoms with Crippen molar-refractivity contribution in [3.05, 3.63) is 65.2 Å². The molecular weight excluding hydrogens is 266 g/mol. The molecule has 0 saturated heterocycles. The molecule has 1 N–H and O–H groups in total. The number of amides is 1. The average molecular weight is 283 g/mol. The molecule has 0 heterocycles. The Balaban J connectivity index is 1.91. The van der Waals surface area contributed by atoms with Crippen molar-refractivity contribution in [3.8, 4) is 0 Å². The fourth-order valence-corrected chi connectivity index (χ4v) is 1.86. The van der Waals surface area contributed by atoms with Crippen molar-refractivity contribution in [3.63, 3.8) is 0 Å². The maximum Gasteiger partial charge on any atom is 0.338 e. The Labute approximate surface area is 123 Å².